The summed E-state index contributed by atoms with van der Waals surface area (Å²) in [7, 11) is 0. The van der Waals surface area contributed by atoms with E-state index in [2.05, 4.69) is 15.6 Å². The maximum atomic E-state index is 12.0. The highest BCUT2D eigenvalue weighted by molar-refractivity contribution is 6.07. The van der Waals surface area contributed by atoms with Gasteiger partial charge in [-0.2, -0.15) is 0 Å². The summed E-state index contributed by atoms with van der Waals surface area (Å²) in [6.07, 6.45) is 3.06. The summed E-state index contributed by atoms with van der Waals surface area (Å²) < 4.78 is 0. The molecule has 2 aromatic rings. The van der Waals surface area contributed by atoms with Gasteiger partial charge in [0, 0.05) is 12.4 Å². The van der Waals surface area contributed by atoms with E-state index < -0.39 is 0 Å². The molecule has 0 spiro atoms. The van der Waals surface area contributed by atoms with Crippen molar-refractivity contribution in [1.82, 2.24) is 4.98 Å². The molecule has 0 fully saturated rings. The van der Waals surface area contributed by atoms with Crippen LogP contribution in [0.3, 0.4) is 0 Å². The van der Waals surface area contributed by atoms with Crippen LogP contribution in [0.15, 0.2) is 48.8 Å². The van der Waals surface area contributed by atoms with Gasteiger partial charge in [0.15, 0.2) is 0 Å². The lowest BCUT2D eigenvalue weighted by Crippen LogP contribution is -2.23. The van der Waals surface area contributed by atoms with E-state index in [0.29, 0.717) is 16.9 Å². The first-order chi connectivity index (χ1) is 9.70. The van der Waals surface area contributed by atoms with Crippen molar-refractivity contribution in [3.63, 3.8) is 0 Å². The van der Waals surface area contributed by atoms with Gasteiger partial charge in [-0.15, -0.1) is 0 Å². The van der Waals surface area contributed by atoms with Crippen LogP contribution in [0.4, 0.5) is 11.4 Å². The first kappa shape index (κ1) is 13.7. The number of para-hydroxylation sites is 2. The Kier molecular flexibility index (Phi) is 4.41. The highest BCUT2D eigenvalue weighted by Gasteiger charge is 2.10. The molecule has 2 rings (SSSR count). The molecule has 1 aromatic carbocycles. The van der Waals surface area contributed by atoms with Crippen molar-refractivity contribution in [3.8, 4) is 0 Å². The standard InChI is InChI=1S/C14H14N4O2/c15-8-13(19)17-11-5-1-2-6-12(11)18-14(20)10-4-3-7-16-9-10/h1-7,9H,8,15H2,(H,17,19)(H,18,20). The van der Waals surface area contributed by atoms with Gasteiger partial charge in [-0.1, -0.05) is 12.1 Å². The van der Waals surface area contributed by atoms with Crippen LogP contribution in [-0.4, -0.2) is 23.3 Å². The number of rotatable bonds is 4. The Balaban J connectivity index is 2.17. The average Bonchev–Trinajstić information content (AvgIpc) is 2.50. The van der Waals surface area contributed by atoms with Crippen molar-refractivity contribution < 1.29 is 9.59 Å². The highest BCUT2D eigenvalue weighted by Crippen LogP contribution is 2.21. The van der Waals surface area contributed by atoms with Gasteiger partial charge in [0.25, 0.3) is 5.91 Å². The topological polar surface area (TPSA) is 97.1 Å². The van der Waals surface area contributed by atoms with E-state index in [1.54, 1.807) is 42.6 Å². The molecule has 6 nitrogen and oxygen atoms in total. The molecule has 0 saturated carbocycles. The molecule has 0 atom stereocenters. The van der Waals surface area contributed by atoms with Crippen LogP contribution in [0.5, 0.6) is 0 Å². The number of aromatic nitrogens is 1. The normalized spacial score (nSPS) is 9.85. The molecular formula is C14H14N4O2. The number of hydrogen-bond donors (Lipinski definition) is 3. The zero-order valence-corrected chi connectivity index (χ0v) is 10.7. The van der Waals surface area contributed by atoms with Gasteiger partial charge < -0.3 is 16.4 Å². The fourth-order valence-electron chi connectivity index (χ4n) is 1.59. The second-order valence-electron chi connectivity index (χ2n) is 3.99. The Labute approximate surface area is 116 Å². The number of carbonyl (C=O) groups is 2. The molecule has 1 heterocycles. The minimum absolute atomic E-state index is 0.120. The summed E-state index contributed by atoms with van der Waals surface area (Å²) in [6.45, 7) is -0.120. The number of carbonyl (C=O) groups excluding carboxylic acids is 2. The highest BCUT2D eigenvalue weighted by atomic mass is 16.2. The predicted molar refractivity (Wildman–Crippen MR) is 76.3 cm³/mol. The lowest BCUT2D eigenvalue weighted by atomic mass is 10.2. The number of nitrogens with one attached hydrogen (secondary N) is 2. The van der Waals surface area contributed by atoms with E-state index in [0.717, 1.165) is 0 Å². The molecule has 20 heavy (non-hydrogen) atoms. The minimum atomic E-state index is -0.326. The lowest BCUT2D eigenvalue weighted by molar-refractivity contribution is -0.114. The molecule has 102 valence electrons. The Morgan fingerprint density at radius 1 is 1.05 bits per heavy atom. The summed E-state index contributed by atoms with van der Waals surface area (Å²) in [5, 5.41) is 5.34. The molecule has 2 amide bonds. The number of nitrogens with zero attached hydrogens (tertiary/aromatic N) is 1. The Hall–Kier alpha value is -2.73. The molecule has 0 saturated heterocycles. The van der Waals surface area contributed by atoms with E-state index in [4.69, 9.17) is 5.73 Å². The van der Waals surface area contributed by atoms with Gasteiger partial charge in [-0.25, -0.2) is 0 Å². The monoisotopic (exact) mass is 270 g/mol. The smallest absolute Gasteiger partial charge is 0.257 e. The summed E-state index contributed by atoms with van der Waals surface area (Å²) in [5.41, 5.74) is 6.70. The van der Waals surface area contributed by atoms with E-state index in [-0.39, 0.29) is 18.4 Å². The van der Waals surface area contributed by atoms with Crippen LogP contribution < -0.4 is 16.4 Å². The van der Waals surface area contributed by atoms with Gasteiger partial charge >= 0.3 is 0 Å². The molecule has 0 aliphatic rings. The maximum absolute atomic E-state index is 12.0. The zero-order valence-electron chi connectivity index (χ0n) is 10.7. The minimum Gasteiger partial charge on any atom is -0.323 e. The van der Waals surface area contributed by atoms with Crippen molar-refractivity contribution in [3.05, 3.63) is 54.4 Å². The predicted octanol–water partition coefficient (Wildman–Crippen LogP) is 1.23. The Morgan fingerprint density at radius 3 is 2.35 bits per heavy atom. The van der Waals surface area contributed by atoms with E-state index in [1.807, 2.05) is 0 Å². The first-order valence-electron chi connectivity index (χ1n) is 6.01. The molecule has 1 aromatic heterocycles. The third-order valence-electron chi connectivity index (χ3n) is 2.56. The summed E-state index contributed by atoms with van der Waals surface area (Å²) >= 11 is 0. The van der Waals surface area contributed by atoms with Crippen molar-refractivity contribution >= 4 is 23.2 Å². The molecule has 0 aliphatic heterocycles. The van der Waals surface area contributed by atoms with Crippen LogP contribution >= 0.6 is 0 Å². The van der Waals surface area contributed by atoms with Crippen LogP contribution in [-0.2, 0) is 4.79 Å². The number of pyridine rings is 1. The third-order valence-corrected chi connectivity index (χ3v) is 2.56. The summed E-state index contributed by atoms with van der Waals surface area (Å²) in [4.78, 5) is 27.2. The fourth-order valence-corrected chi connectivity index (χ4v) is 1.59. The Morgan fingerprint density at radius 2 is 1.75 bits per heavy atom. The number of nitrogens with two attached hydrogens (primary N) is 1. The van der Waals surface area contributed by atoms with Gasteiger partial charge in [0.1, 0.15) is 0 Å². The molecular weight excluding hydrogens is 256 g/mol. The van der Waals surface area contributed by atoms with Crippen LogP contribution in [0.25, 0.3) is 0 Å². The number of benzene rings is 1. The fraction of sp³-hybridized carbons (Fsp3) is 0.0714. The van der Waals surface area contributed by atoms with Crippen molar-refractivity contribution in [2.75, 3.05) is 17.2 Å². The SMILES string of the molecule is NCC(=O)Nc1ccccc1NC(=O)c1cccnc1. The summed E-state index contributed by atoms with van der Waals surface area (Å²) in [6, 6.07) is 10.2. The van der Waals surface area contributed by atoms with E-state index in [1.165, 1.54) is 6.20 Å². The number of amides is 2. The second-order valence-corrected chi connectivity index (χ2v) is 3.99. The van der Waals surface area contributed by atoms with Crippen LogP contribution in [0.2, 0.25) is 0 Å². The molecule has 4 N–H and O–H groups in total. The number of anilines is 2. The van der Waals surface area contributed by atoms with E-state index >= 15 is 0 Å². The second kappa shape index (κ2) is 6.44. The van der Waals surface area contributed by atoms with Gasteiger partial charge in [0.2, 0.25) is 5.91 Å². The third kappa shape index (κ3) is 3.39. The molecule has 0 unspecified atom stereocenters. The molecule has 6 heteroatoms. The van der Waals surface area contributed by atoms with Crippen LogP contribution in [0.1, 0.15) is 10.4 Å². The van der Waals surface area contributed by atoms with Crippen LogP contribution in [0, 0.1) is 0 Å². The van der Waals surface area contributed by atoms with Crippen molar-refractivity contribution in [2.45, 2.75) is 0 Å². The van der Waals surface area contributed by atoms with Gasteiger partial charge in [0.05, 0.1) is 23.5 Å². The van der Waals surface area contributed by atoms with Gasteiger partial charge in [-0.3, -0.25) is 14.6 Å². The Bertz CT molecular complexity index is 614. The first-order valence-corrected chi connectivity index (χ1v) is 6.01. The molecule has 0 aliphatic carbocycles. The largest absolute Gasteiger partial charge is 0.323 e. The van der Waals surface area contributed by atoms with Gasteiger partial charge in [-0.05, 0) is 24.3 Å². The van der Waals surface area contributed by atoms with Crippen molar-refractivity contribution in [2.24, 2.45) is 5.73 Å². The maximum Gasteiger partial charge on any atom is 0.257 e. The molecule has 0 bridgehead atoms. The van der Waals surface area contributed by atoms with E-state index in [9.17, 15) is 9.59 Å². The average molecular weight is 270 g/mol. The summed E-state index contributed by atoms with van der Waals surface area (Å²) in [5.74, 6) is -0.624. The number of hydrogen-bond acceptors (Lipinski definition) is 4. The quantitative estimate of drug-likeness (QED) is 0.778. The van der Waals surface area contributed by atoms with Crippen molar-refractivity contribution in [1.29, 1.82) is 0 Å². The zero-order chi connectivity index (χ0) is 14.4. The molecule has 0 radical (unpaired) electrons. The lowest BCUT2D eigenvalue weighted by Gasteiger charge is -2.11.